The van der Waals surface area contributed by atoms with Crippen LogP contribution in [0.25, 0.3) is 0 Å². The molecule has 1 aliphatic carbocycles. The summed E-state index contributed by atoms with van der Waals surface area (Å²) in [6.07, 6.45) is 7.27. The summed E-state index contributed by atoms with van der Waals surface area (Å²) in [6, 6.07) is 0.623. The Morgan fingerprint density at radius 1 is 1.24 bits per heavy atom. The van der Waals surface area contributed by atoms with E-state index in [1.807, 2.05) is 0 Å². The lowest BCUT2D eigenvalue weighted by atomic mass is 9.84. The third-order valence-corrected chi connectivity index (χ3v) is 5.66. The second kappa shape index (κ2) is 7.37. The SMILES string of the molecule is CCC1CCCC(NCCCS(=O)(=O)CC)C1. The van der Waals surface area contributed by atoms with E-state index in [2.05, 4.69) is 12.2 Å². The molecule has 0 aliphatic heterocycles. The van der Waals surface area contributed by atoms with Gasteiger partial charge < -0.3 is 5.32 Å². The Hall–Kier alpha value is -0.0900. The van der Waals surface area contributed by atoms with Gasteiger partial charge in [-0.15, -0.1) is 0 Å². The Morgan fingerprint density at radius 2 is 2.00 bits per heavy atom. The highest BCUT2D eigenvalue weighted by Crippen LogP contribution is 2.26. The molecule has 0 saturated heterocycles. The number of nitrogens with one attached hydrogen (secondary N) is 1. The summed E-state index contributed by atoms with van der Waals surface area (Å²) in [4.78, 5) is 0. The summed E-state index contributed by atoms with van der Waals surface area (Å²) in [5, 5.41) is 3.52. The number of hydrogen-bond acceptors (Lipinski definition) is 3. The first-order chi connectivity index (χ1) is 8.07. The van der Waals surface area contributed by atoms with Crippen LogP contribution in [0.3, 0.4) is 0 Å². The predicted octanol–water partition coefficient (Wildman–Crippen LogP) is 2.37. The van der Waals surface area contributed by atoms with Crippen molar-refractivity contribution < 1.29 is 8.42 Å². The molecule has 17 heavy (non-hydrogen) atoms. The lowest BCUT2D eigenvalue weighted by molar-refractivity contribution is 0.280. The molecule has 0 radical (unpaired) electrons. The fourth-order valence-corrected chi connectivity index (χ4v) is 3.46. The third kappa shape index (κ3) is 5.87. The zero-order valence-corrected chi connectivity index (χ0v) is 12.1. The largest absolute Gasteiger partial charge is 0.314 e. The Balaban J connectivity index is 2.14. The molecule has 0 heterocycles. The zero-order valence-electron chi connectivity index (χ0n) is 11.2. The summed E-state index contributed by atoms with van der Waals surface area (Å²) in [6.45, 7) is 4.83. The molecule has 1 fully saturated rings. The van der Waals surface area contributed by atoms with E-state index in [1.54, 1.807) is 6.92 Å². The minimum atomic E-state index is -2.78. The molecule has 3 nitrogen and oxygen atoms in total. The Morgan fingerprint density at radius 3 is 2.65 bits per heavy atom. The van der Waals surface area contributed by atoms with Crippen LogP contribution in [0.15, 0.2) is 0 Å². The van der Waals surface area contributed by atoms with E-state index in [0.717, 1.165) is 18.9 Å². The van der Waals surface area contributed by atoms with Gasteiger partial charge in [0, 0.05) is 11.8 Å². The zero-order chi connectivity index (χ0) is 12.7. The van der Waals surface area contributed by atoms with Crippen molar-refractivity contribution in [2.45, 2.75) is 58.4 Å². The van der Waals surface area contributed by atoms with E-state index in [9.17, 15) is 8.42 Å². The first-order valence-electron chi connectivity index (χ1n) is 7.01. The molecule has 0 spiro atoms. The normalized spacial score (nSPS) is 26.0. The summed E-state index contributed by atoms with van der Waals surface area (Å²) < 4.78 is 22.6. The van der Waals surface area contributed by atoms with Crippen molar-refractivity contribution in [1.82, 2.24) is 5.32 Å². The van der Waals surface area contributed by atoms with Gasteiger partial charge >= 0.3 is 0 Å². The van der Waals surface area contributed by atoms with Crippen molar-refractivity contribution in [3.8, 4) is 0 Å². The second-order valence-electron chi connectivity index (χ2n) is 5.18. The molecule has 0 amide bonds. The maximum absolute atomic E-state index is 11.3. The minimum Gasteiger partial charge on any atom is -0.314 e. The van der Waals surface area contributed by atoms with E-state index in [4.69, 9.17) is 0 Å². The molecule has 0 aromatic heterocycles. The van der Waals surface area contributed by atoms with Crippen molar-refractivity contribution in [2.24, 2.45) is 5.92 Å². The number of hydrogen-bond donors (Lipinski definition) is 1. The first-order valence-corrected chi connectivity index (χ1v) is 8.83. The van der Waals surface area contributed by atoms with Crippen LogP contribution in [-0.2, 0) is 9.84 Å². The molecule has 1 saturated carbocycles. The first kappa shape index (κ1) is 15.0. The van der Waals surface area contributed by atoms with Gasteiger partial charge in [0.2, 0.25) is 0 Å². The summed E-state index contributed by atoms with van der Waals surface area (Å²) in [7, 11) is -2.78. The fraction of sp³-hybridized carbons (Fsp3) is 1.00. The van der Waals surface area contributed by atoms with Gasteiger partial charge in [-0.2, -0.15) is 0 Å². The number of sulfone groups is 1. The molecule has 0 aromatic carbocycles. The highest BCUT2D eigenvalue weighted by atomic mass is 32.2. The van der Waals surface area contributed by atoms with Crippen LogP contribution >= 0.6 is 0 Å². The van der Waals surface area contributed by atoms with E-state index < -0.39 is 9.84 Å². The maximum atomic E-state index is 11.3. The lowest BCUT2D eigenvalue weighted by Gasteiger charge is -2.29. The van der Waals surface area contributed by atoms with Gasteiger partial charge in [-0.3, -0.25) is 0 Å². The molecule has 1 aliphatic rings. The minimum absolute atomic E-state index is 0.272. The van der Waals surface area contributed by atoms with Gasteiger partial charge in [0.1, 0.15) is 9.84 Å². The lowest BCUT2D eigenvalue weighted by Crippen LogP contribution is -2.35. The summed E-state index contributed by atoms with van der Waals surface area (Å²) in [5.41, 5.74) is 0. The molecule has 0 bridgehead atoms. The molecule has 102 valence electrons. The van der Waals surface area contributed by atoms with Gasteiger partial charge in [-0.25, -0.2) is 8.42 Å². The van der Waals surface area contributed by atoms with Crippen LogP contribution in [0.2, 0.25) is 0 Å². The van der Waals surface area contributed by atoms with Crippen LogP contribution in [0.4, 0.5) is 0 Å². The summed E-state index contributed by atoms with van der Waals surface area (Å²) in [5.74, 6) is 1.48. The van der Waals surface area contributed by atoms with Crippen LogP contribution < -0.4 is 5.32 Å². The van der Waals surface area contributed by atoms with Crippen molar-refractivity contribution >= 4 is 9.84 Å². The van der Waals surface area contributed by atoms with E-state index in [1.165, 1.54) is 32.1 Å². The molecule has 0 aromatic rings. The van der Waals surface area contributed by atoms with Gasteiger partial charge in [0.05, 0.1) is 5.75 Å². The predicted molar refractivity (Wildman–Crippen MR) is 73.0 cm³/mol. The molecular weight excluding hydrogens is 234 g/mol. The van der Waals surface area contributed by atoms with E-state index in [0.29, 0.717) is 11.8 Å². The van der Waals surface area contributed by atoms with Crippen LogP contribution in [-0.4, -0.2) is 32.5 Å². The van der Waals surface area contributed by atoms with Crippen molar-refractivity contribution in [3.05, 3.63) is 0 Å². The second-order valence-corrected chi connectivity index (χ2v) is 7.65. The number of rotatable bonds is 7. The van der Waals surface area contributed by atoms with Crippen LogP contribution in [0, 0.1) is 5.92 Å². The van der Waals surface area contributed by atoms with E-state index >= 15 is 0 Å². The van der Waals surface area contributed by atoms with Gasteiger partial charge in [-0.1, -0.05) is 33.1 Å². The average molecular weight is 261 g/mol. The molecule has 1 N–H and O–H groups in total. The molecule has 2 unspecified atom stereocenters. The van der Waals surface area contributed by atoms with Crippen LogP contribution in [0.5, 0.6) is 0 Å². The van der Waals surface area contributed by atoms with Gasteiger partial charge in [-0.05, 0) is 31.7 Å². The van der Waals surface area contributed by atoms with E-state index in [-0.39, 0.29) is 5.75 Å². The fourth-order valence-electron chi connectivity index (χ4n) is 2.59. The highest BCUT2D eigenvalue weighted by Gasteiger charge is 2.20. The maximum Gasteiger partial charge on any atom is 0.150 e. The van der Waals surface area contributed by atoms with Crippen molar-refractivity contribution in [3.63, 3.8) is 0 Å². The Bertz CT molecular complexity index is 301. The van der Waals surface area contributed by atoms with Crippen molar-refractivity contribution in [2.75, 3.05) is 18.1 Å². The summed E-state index contributed by atoms with van der Waals surface area (Å²) >= 11 is 0. The third-order valence-electron chi connectivity index (χ3n) is 3.87. The van der Waals surface area contributed by atoms with Crippen molar-refractivity contribution in [1.29, 1.82) is 0 Å². The standard InChI is InChI=1S/C13H27NO2S/c1-3-12-7-5-8-13(11-12)14-9-6-10-17(15,16)4-2/h12-14H,3-11H2,1-2H3. The van der Waals surface area contributed by atoms with Gasteiger partial charge in [0.25, 0.3) is 0 Å². The molecule has 2 atom stereocenters. The Labute approximate surface area is 106 Å². The van der Waals surface area contributed by atoms with Crippen LogP contribution in [0.1, 0.15) is 52.4 Å². The highest BCUT2D eigenvalue weighted by molar-refractivity contribution is 7.91. The monoisotopic (exact) mass is 261 g/mol. The molecule has 4 heteroatoms. The smallest absolute Gasteiger partial charge is 0.150 e. The molecule has 1 rings (SSSR count). The molecular formula is C13H27NO2S. The average Bonchev–Trinajstić information content (AvgIpc) is 2.35. The quantitative estimate of drug-likeness (QED) is 0.716. The Kier molecular flexibility index (Phi) is 6.49. The van der Waals surface area contributed by atoms with Gasteiger partial charge in [0.15, 0.2) is 0 Å². The topological polar surface area (TPSA) is 46.2 Å².